The Morgan fingerprint density at radius 1 is 1.00 bits per heavy atom. The number of rotatable bonds is 5. The van der Waals surface area contributed by atoms with Crippen molar-refractivity contribution in [3.63, 3.8) is 0 Å². The lowest BCUT2D eigenvalue weighted by Gasteiger charge is -2.41. The van der Waals surface area contributed by atoms with E-state index in [9.17, 15) is 0 Å². The number of anilines is 1. The molecule has 4 rings (SSSR count). The summed E-state index contributed by atoms with van der Waals surface area (Å²) in [5.74, 6) is 2.01. The fraction of sp³-hybridized carbons (Fsp3) is 0.682. The van der Waals surface area contributed by atoms with Crippen molar-refractivity contribution >= 4 is 11.6 Å². The SMILES string of the molecule is NC(=NCC1(CN2CCOCC2)CCCCC1)Nc1ccc2c(c1)OCCCO2. The van der Waals surface area contributed by atoms with E-state index in [4.69, 9.17) is 24.9 Å². The van der Waals surface area contributed by atoms with Crippen LogP contribution in [0.3, 0.4) is 0 Å². The highest BCUT2D eigenvalue weighted by molar-refractivity contribution is 5.92. The van der Waals surface area contributed by atoms with Gasteiger partial charge >= 0.3 is 0 Å². The molecule has 3 N–H and O–H groups in total. The number of morpholine rings is 1. The van der Waals surface area contributed by atoms with Crippen LogP contribution in [-0.4, -0.2) is 63.5 Å². The van der Waals surface area contributed by atoms with Crippen molar-refractivity contribution < 1.29 is 14.2 Å². The van der Waals surface area contributed by atoms with Gasteiger partial charge in [0, 0.05) is 49.8 Å². The Labute approximate surface area is 173 Å². The second-order valence-electron chi connectivity index (χ2n) is 8.49. The summed E-state index contributed by atoms with van der Waals surface area (Å²) in [6, 6.07) is 5.82. The molecule has 0 bridgehead atoms. The van der Waals surface area contributed by atoms with Gasteiger partial charge in [-0.1, -0.05) is 19.3 Å². The van der Waals surface area contributed by atoms with Gasteiger partial charge in [-0.2, -0.15) is 0 Å². The highest BCUT2D eigenvalue weighted by Gasteiger charge is 2.34. The smallest absolute Gasteiger partial charge is 0.193 e. The molecule has 2 heterocycles. The number of nitrogens with two attached hydrogens (primary N) is 1. The number of ether oxygens (including phenoxy) is 3. The van der Waals surface area contributed by atoms with Crippen LogP contribution in [0.2, 0.25) is 0 Å². The molecule has 2 fully saturated rings. The number of hydrogen-bond donors (Lipinski definition) is 2. The zero-order valence-electron chi connectivity index (χ0n) is 17.3. The standard InChI is InChI=1S/C22H34N4O3/c23-21(25-18-5-6-19-20(15-18)29-12-4-11-28-19)24-16-22(7-2-1-3-8-22)17-26-9-13-27-14-10-26/h5-6,15H,1-4,7-14,16-17H2,(H3,23,24,25). The maximum absolute atomic E-state index is 6.26. The summed E-state index contributed by atoms with van der Waals surface area (Å²) in [5.41, 5.74) is 7.36. The van der Waals surface area contributed by atoms with Crippen LogP contribution in [-0.2, 0) is 4.74 Å². The average Bonchev–Trinajstić information content (AvgIpc) is 2.99. The molecule has 0 unspecified atom stereocenters. The minimum Gasteiger partial charge on any atom is -0.490 e. The predicted molar refractivity (Wildman–Crippen MR) is 115 cm³/mol. The van der Waals surface area contributed by atoms with Crippen molar-refractivity contribution in [1.82, 2.24) is 4.90 Å². The molecule has 0 atom stereocenters. The molecule has 1 saturated heterocycles. The Kier molecular flexibility index (Phi) is 6.77. The van der Waals surface area contributed by atoms with Gasteiger partial charge < -0.3 is 25.3 Å². The van der Waals surface area contributed by atoms with E-state index >= 15 is 0 Å². The zero-order chi connectivity index (χ0) is 19.9. The molecular weight excluding hydrogens is 368 g/mol. The molecule has 2 aliphatic heterocycles. The fourth-order valence-corrected chi connectivity index (χ4v) is 4.58. The van der Waals surface area contributed by atoms with Gasteiger partial charge in [0.2, 0.25) is 0 Å². The van der Waals surface area contributed by atoms with Crippen LogP contribution in [0.1, 0.15) is 38.5 Å². The Morgan fingerprint density at radius 3 is 2.55 bits per heavy atom. The van der Waals surface area contributed by atoms with Gasteiger partial charge in [0.25, 0.3) is 0 Å². The lowest BCUT2D eigenvalue weighted by Crippen LogP contribution is -2.46. The quantitative estimate of drug-likeness (QED) is 0.582. The first kappa shape index (κ1) is 20.3. The number of aliphatic imine (C=N–C) groups is 1. The molecule has 0 aromatic heterocycles. The lowest BCUT2D eigenvalue weighted by molar-refractivity contribution is 0.00940. The number of nitrogens with zero attached hydrogens (tertiary/aromatic N) is 2. The molecule has 1 aromatic carbocycles. The zero-order valence-corrected chi connectivity index (χ0v) is 17.3. The molecule has 1 aromatic rings. The molecule has 0 amide bonds. The van der Waals surface area contributed by atoms with Gasteiger partial charge in [-0.25, -0.2) is 0 Å². The number of hydrogen-bond acceptors (Lipinski definition) is 5. The van der Waals surface area contributed by atoms with Crippen molar-refractivity contribution in [2.75, 3.05) is 57.9 Å². The van der Waals surface area contributed by atoms with Crippen LogP contribution < -0.4 is 20.5 Å². The van der Waals surface area contributed by atoms with E-state index < -0.39 is 0 Å². The summed E-state index contributed by atoms with van der Waals surface area (Å²) >= 11 is 0. The second-order valence-corrected chi connectivity index (χ2v) is 8.49. The number of nitrogens with one attached hydrogen (secondary N) is 1. The molecule has 160 valence electrons. The van der Waals surface area contributed by atoms with E-state index in [0.717, 1.165) is 63.0 Å². The highest BCUT2D eigenvalue weighted by atomic mass is 16.5. The van der Waals surface area contributed by atoms with Crippen LogP contribution in [0.15, 0.2) is 23.2 Å². The topological polar surface area (TPSA) is 81.3 Å². The molecule has 29 heavy (non-hydrogen) atoms. The first-order valence-corrected chi connectivity index (χ1v) is 11.0. The molecule has 1 saturated carbocycles. The minimum atomic E-state index is 0.229. The molecule has 3 aliphatic rings. The lowest BCUT2D eigenvalue weighted by atomic mass is 9.73. The molecule has 0 spiro atoms. The predicted octanol–water partition coefficient (Wildman–Crippen LogP) is 2.86. The fourth-order valence-electron chi connectivity index (χ4n) is 4.58. The molecule has 7 heteroatoms. The Bertz CT molecular complexity index is 697. The third-order valence-electron chi connectivity index (χ3n) is 6.18. The number of benzene rings is 1. The minimum absolute atomic E-state index is 0.229. The van der Waals surface area contributed by atoms with Crippen LogP contribution >= 0.6 is 0 Å². The van der Waals surface area contributed by atoms with Crippen LogP contribution in [0.25, 0.3) is 0 Å². The molecule has 0 radical (unpaired) electrons. The molecule has 1 aliphatic carbocycles. The third kappa shape index (κ3) is 5.54. The van der Waals surface area contributed by atoms with E-state index in [2.05, 4.69) is 10.2 Å². The number of guanidine groups is 1. The average molecular weight is 403 g/mol. The van der Waals surface area contributed by atoms with E-state index in [1.165, 1.54) is 32.1 Å². The van der Waals surface area contributed by atoms with Gasteiger partial charge in [0.15, 0.2) is 17.5 Å². The summed E-state index contributed by atoms with van der Waals surface area (Å²) in [6.45, 7) is 6.96. The third-order valence-corrected chi connectivity index (χ3v) is 6.18. The van der Waals surface area contributed by atoms with Crippen molar-refractivity contribution in [2.24, 2.45) is 16.1 Å². The summed E-state index contributed by atoms with van der Waals surface area (Å²) in [4.78, 5) is 7.30. The second kappa shape index (κ2) is 9.67. The molecular formula is C22H34N4O3. The van der Waals surface area contributed by atoms with E-state index in [0.29, 0.717) is 19.2 Å². The Morgan fingerprint density at radius 2 is 1.76 bits per heavy atom. The van der Waals surface area contributed by atoms with E-state index in [1.54, 1.807) is 0 Å². The summed E-state index contributed by atoms with van der Waals surface area (Å²) in [6.07, 6.45) is 7.26. The van der Waals surface area contributed by atoms with Crippen LogP contribution in [0, 0.1) is 5.41 Å². The maximum atomic E-state index is 6.26. The summed E-state index contributed by atoms with van der Waals surface area (Å²) in [5, 5.41) is 3.23. The number of fused-ring (bicyclic) bond motifs is 1. The Balaban J connectivity index is 1.39. The molecule has 7 nitrogen and oxygen atoms in total. The van der Waals surface area contributed by atoms with Crippen molar-refractivity contribution in [3.8, 4) is 11.5 Å². The summed E-state index contributed by atoms with van der Waals surface area (Å²) < 4.78 is 17.0. The van der Waals surface area contributed by atoms with Crippen LogP contribution in [0.4, 0.5) is 5.69 Å². The van der Waals surface area contributed by atoms with E-state index in [-0.39, 0.29) is 5.41 Å². The normalized spacial score (nSPS) is 22.7. The van der Waals surface area contributed by atoms with Gasteiger partial charge in [-0.15, -0.1) is 0 Å². The highest BCUT2D eigenvalue weighted by Crippen LogP contribution is 2.38. The first-order chi connectivity index (χ1) is 14.2. The maximum Gasteiger partial charge on any atom is 0.193 e. The van der Waals surface area contributed by atoms with Gasteiger partial charge in [-0.3, -0.25) is 9.89 Å². The van der Waals surface area contributed by atoms with Gasteiger partial charge in [0.1, 0.15) is 0 Å². The first-order valence-electron chi connectivity index (χ1n) is 11.0. The van der Waals surface area contributed by atoms with Crippen LogP contribution in [0.5, 0.6) is 11.5 Å². The van der Waals surface area contributed by atoms with Crippen molar-refractivity contribution in [2.45, 2.75) is 38.5 Å². The van der Waals surface area contributed by atoms with Crippen molar-refractivity contribution in [3.05, 3.63) is 18.2 Å². The Hall–Kier alpha value is -1.99. The monoisotopic (exact) mass is 402 g/mol. The van der Waals surface area contributed by atoms with Crippen molar-refractivity contribution in [1.29, 1.82) is 0 Å². The van der Waals surface area contributed by atoms with Gasteiger partial charge in [-0.05, 0) is 25.0 Å². The van der Waals surface area contributed by atoms with E-state index in [1.807, 2.05) is 18.2 Å². The summed E-state index contributed by atoms with van der Waals surface area (Å²) in [7, 11) is 0. The van der Waals surface area contributed by atoms with Gasteiger partial charge in [0.05, 0.1) is 26.4 Å². The largest absolute Gasteiger partial charge is 0.490 e.